The lowest BCUT2D eigenvalue weighted by atomic mass is 10.3. The Balaban J connectivity index is 1.42. The summed E-state index contributed by atoms with van der Waals surface area (Å²) < 4.78 is 4.98. The van der Waals surface area contributed by atoms with E-state index in [1.54, 1.807) is 41.0 Å². The fourth-order valence-electron chi connectivity index (χ4n) is 2.63. The summed E-state index contributed by atoms with van der Waals surface area (Å²) in [7, 11) is 0. The molecule has 29 heavy (non-hydrogen) atoms. The highest BCUT2D eigenvalue weighted by Gasteiger charge is 2.24. The Morgan fingerprint density at radius 1 is 1.14 bits per heavy atom. The SMILES string of the molecule is CCOC(=O)N1CCN(C(=O)CSc2ccc(NC(=O)c3cccs3)nn2)CC1. The summed E-state index contributed by atoms with van der Waals surface area (Å²) in [5.41, 5.74) is 0. The van der Waals surface area contributed by atoms with Gasteiger partial charge in [-0.05, 0) is 30.5 Å². The molecule has 1 aliphatic heterocycles. The Labute approximate surface area is 176 Å². The molecule has 0 unspecified atom stereocenters. The van der Waals surface area contributed by atoms with Gasteiger partial charge in [0.2, 0.25) is 5.91 Å². The molecule has 0 aromatic carbocycles. The number of amides is 3. The van der Waals surface area contributed by atoms with Gasteiger partial charge in [-0.15, -0.1) is 21.5 Å². The number of thioether (sulfide) groups is 1. The van der Waals surface area contributed by atoms with Crippen LogP contribution in [0.25, 0.3) is 0 Å². The second-order valence-electron chi connectivity index (χ2n) is 6.04. The molecule has 3 rings (SSSR count). The number of ether oxygens (including phenoxy) is 1. The highest BCUT2D eigenvalue weighted by molar-refractivity contribution is 7.99. The lowest BCUT2D eigenvalue weighted by Gasteiger charge is -2.34. The summed E-state index contributed by atoms with van der Waals surface area (Å²) in [5, 5.41) is 13.1. The smallest absolute Gasteiger partial charge is 0.409 e. The van der Waals surface area contributed by atoms with E-state index in [9.17, 15) is 14.4 Å². The summed E-state index contributed by atoms with van der Waals surface area (Å²) in [6.07, 6.45) is -0.337. The number of hydrogen-bond donors (Lipinski definition) is 1. The number of hydrogen-bond acceptors (Lipinski definition) is 8. The molecule has 9 nitrogen and oxygen atoms in total. The third-order valence-electron chi connectivity index (χ3n) is 4.13. The molecule has 0 spiro atoms. The van der Waals surface area contributed by atoms with E-state index in [-0.39, 0.29) is 23.7 Å². The third-order valence-corrected chi connectivity index (χ3v) is 5.90. The predicted molar refractivity (Wildman–Crippen MR) is 110 cm³/mol. The molecular formula is C18H21N5O4S2. The zero-order valence-corrected chi connectivity index (χ0v) is 17.5. The largest absolute Gasteiger partial charge is 0.450 e. The summed E-state index contributed by atoms with van der Waals surface area (Å²) >= 11 is 2.63. The number of aromatic nitrogens is 2. The van der Waals surface area contributed by atoms with Gasteiger partial charge in [0.05, 0.1) is 17.2 Å². The molecule has 0 saturated carbocycles. The quantitative estimate of drug-likeness (QED) is 0.694. The molecule has 2 aromatic heterocycles. The topological polar surface area (TPSA) is 105 Å². The predicted octanol–water partition coefficient (Wildman–Crippen LogP) is 2.18. The third kappa shape index (κ3) is 5.91. The molecule has 0 bridgehead atoms. The van der Waals surface area contributed by atoms with Crippen molar-refractivity contribution in [2.24, 2.45) is 0 Å². The number of carbonyl (C=O) groups is 3. The van der Waals surface area contributed by atoms with Crippen molar-refractivity contribution in [2.45, 2.75) is 11.9 Å². The van der Waals surface area contributed by atoms with Gasteiger partial charge in [0.25, 0.3) is 5.91 Å². The molecule has 0 atom stereocenters. The fraction of sp³-hybridized carbons (Fsp3) is 0.389. The second kappa shape index (κ2) is 10.2. The number of anilines is 1. The first kappa shape index (κ1) is 21.1. The minimum Gasteiger partial charge on any atom is -0.450 e. The summed E-state index contributed by atoms with van der Waals surface area (Å²) in [5.74, 6) is 0.339. The number of thiophene rings is 1. The normalized spacial score (nSPS) is 13.8. The zero-order chi connectivity index (χ0) is 20.6. The maximum absolute atomic E-state index is 12.4. The molecule has 0 aliphatic carbocycles. The number of piperazine rings is 1. The van der Waals surface area contributed by atoms with Crippen molar-refractivity contribution in [1.82, 2.24) is 20.0 Å². The van der Waals surface area contributed by atoms with Crippen LogP contribution in [0.3, 0.4) is 0 Å². The summed E-state index contributed by atoms with van der Waals surface area (Å²) in [6.45, 7) is 4.00. The van der Waals surface area contributed by atoms with Crippen molar-refractivity contribution < 1.29 is 19.1 Å². The lowest BCUT2D eigenvalue weighted by molar-refractivity contribution is -0.129. The van der Waals surface area contributed by atoms with Crippen molar-refractivity contribution >= 4 is 46.8 Å². The van der Waals surface area contributed by atoms with Crippen LogP contribution in [0.2, 0.25) is 0 Å². The van der Waals surface area contributed by atoms with Gasteiger partial charge in [-0.25, -0.2) is 4.79 Å². The van der Waals surface area contributed by atoms with Gasteiger partial charge in [0.1, 0.15) is 5.03 Å². The zero-order valence-electron chi connectivity index (χ0n) is 15.9. The molecule has 1 N–H and O–H groups in total. The standard InChI is InChI=1S/C18H21N5O4S2/c1-2-27-18(26)23-9-7-22(8-10-23)16(24)12-29-15-6-5-14(20-21-15)19-17(25)13-4-3-11-28-13/h3-6,11H,2,7-10,12H2,1H3,(H,19,20,25). The van der Waals surface area contributed by atoms with Crippen LogP contribution in [0.1, 0.15) is 16.6 Å². The Kier molecular flexibility index (Phi) is 7.42. The van der Waals surface area contributed by atoms with Gasteiger partial charge in [0.15, 0.2) is 5.82 Å². The maximum atomic E-state index is 12.4. The van der Waals surface area contributed by atoms with Crippen molar-refractivity contribution in [2.75, 3.05) is 43.9 Å². The number of rotatable bonds is 6. The van der Waals surface area contributed by atoms with E-state index in [4.69, 9.17) is 4.74 Å². The van der Waals surface area contributed by atoms with E-state index in [1.165, 1.54) is 23.1 Å². The van der Waals surface area contributed by atoms with Crippen LogP contribution >= 0.6 is 23.1 Å². The van der Waals surface area contributed by atoms with Gasteiger partial charge in [-0.1, -0.05) is 17.8 Å². The molecule has 1 fully saturated rings. The Bertz CT molecular complexity index is 836. The van der Waals surface area contributed by atoms with Crippen LogP contribution < -0.4 is 5.32 Å². The van der Waals surface area contributed by atoms with Gasteiger partial charge < -0.3 is 19.9 Å². The summed E-state index contributed by atoms with van der Waals surface area (Å²) in [6, 6.07) is 6.91. The van der Waals surface area contributed by atoms with Gasteiger partial charge in [-0.3, -0.25) is 9.59 Å². The lowest BCUT2D eigenvalue weighted by Crippen LogP contribution is -2.51. The van der Waals surface area contributed by atoms with Crippen LogP contribution in [-0.2, 0) is 9.53 Å². The van der Waals surface area contributed by atoms with Gasteiger partial charge in [0, 0.05) is 26.2 Å². The average Bonchev–Trinajstić information content (AvgIpc) is 3.28. The molecule has 1 aliphatic rings. The van der Waals surface area contributed by atoms with Crippen molar-refractivity contribution in [3.63, 3.8) is 0 Å². The van der Waals surface area contributed by atoms with Crippen LogP contribution in [0.15, 0.2) is 34.7 Å². The van der Waals surface area contributed by atoms with Gasteiger partial charge in [-0.2, -0.15) is 0 Å². The van der Waals surface area contributed by atoms with Crippen LogP contribution in [0.4, 0.5) is 10.6 Å². The minimum absolute atomic E-state index is 0.0182. The van der Waals surface area contributed by atoms with Crippen molar-refractivity contribution in [1.29, 1.82) is 0 Å². The fourth-order valence-corrected chi connectivity index (χ4v) is 3.97. The van der Waals surface area contributed by atoms with Crippen LogP contribution in [-0.4, -0.2) is 76.4 Å². The maximum Gasteiger partial charge on any atom is 0.409 e. The Morgan fingerprint density at radius 3 is 2.52 bits per heavy atom. The summed E-state index contributed by atoms with van der Waals surface area (Å²) in [4.78, 5) is 40.0. The first-order valence-corrected chi connectivity index (χ1v) is 10.9. The first-order valence-electron chi connectivity index (χ1n) is 9.07. The van der Waals surface area contributed by atoms with E-state index in [0.717, 1.165) is 0 Å². The molecular weight excluding hydrogens is 414 g/mol. The van der Waals surface area contributed by atoms with E-state index in [0.29, 0.717) is 48.5 Å². The van der Waals surface area contributed by atoms with Crippen molar-refractivity contribution in [3.8, 4) is 0 Å². The Morgan fingerprint density at radius 2 is 1.90 bits per heavy atom. The van der Waals surface area contributed by atoms with E-state index in [1.807, 2.05) is 5.38 Å². The minimum atomic E-state index is -0.337. The van der Waals surface area contributed by atoms with E-state index < -0.39 is 0 Å². The first-order chi connectivity index (χ1) is 14.1. The number of nitrogens with one attached hydrogen (secondary N) is 1. The highest BCUT2D eigenvalue weighted by Crippen LogP contribution is 2.18. The number of carbonyl (C=O) groups excluding carboxylic acids is 3. The Hall–Kier alpha value is -2.66. The molecule has 1 saturated heterocycles. The van der Waals surface area contributed by atoms with Crippen LogP contribution in [0.5, 0.6) is 0 Å². The monoisotopic (exact) mass is 435 g/mol. The number of nitrogens with zero attached hydrogens (tertiary/aromatic N) is 4. The molecule has 3 heterocycles. The molecule has 0 radical (unpaired) electrons. The van der Waals surface area contributed by atoms with Crippen LogP contribution in [0, 0.1) is 0 Å². The van der Waals surface area contributed by atoms with E-state index in [2.05, 4.69) is 15.5 Å². The molecule has 3 amide bonds. The molecule has 2 aromatic rings. The molecule has 154 valence electrons. The van der Waals surface area contributed by atoms with Crippen molar-refractivity contribution in [3.05, 3.63) is 34.5 Å². The van der Waals surface area contributed by atoms with Gasteiger partial charge >= 0.3 is 6.09 Å². The average molecular weight is 436 g/mol. The van der Waals surface area contributed by atoms with E-state index >= 15 is 0 Å². The second-order valence-corrected chi connectivity index (χ2v) is 7.99. The molecule has 11 heteroatoms. The highest BCUT2D eigenvalue weighted by atomic mass is 32.2.